The molecule has 3 heteroatoms. The van der Waals surface area contributed by atoms with Gasteiger partial charge in [0.05, 0.1) is 0 Å². The highest BCUT2D eigenvalue weighted by Crippen LogP contribution is 2.12. The summed E-state index contributed by atoms with van der Waals surface area (Å²) in [5.74, 6) is 0. The van der Waals surface area contributed by atoms with Crippen LogP contribution in [0.1, 0.15) is 124 Å². The van der Waals surface area contributed by atoms with Crippen molar-refractivity contribution in [2.45, 2.75) is 130 Å². The summed E-state index contributed by atoms with van der Waals surface area (Å²) in [4.78, 5) is 0. The van der Waals surface area contributed by atoms with Crippen molar-refractivity contribution in [3.63, 3.8) is 0 Å². The van der Waals surface area contributed by atoms with Gasteiger partial charge in [-0.3, -0.25) is 0 Å². The smallest absolute Gasteiger partial charge is 0.157 e. The lowest BCUT2D eigenvalue weighted by molar-refractivity contribution is -0.146. The average Bonchev–Trinajstić information content (AvgIpc) is 2.69. The van der Waals surface area contributed by atoms with E-state index >= 15 is 0 Å². The van der Waals surface area contributed by atoms with E-state index in [2.05, 4.69) is 20.8 Å². The molecule has 0 heterocycles. The second-order valence-electron chi connectivity index (χ2n) is 7.81. The van der Waals surface area contributed by atoms with E-state index in [1.54, 1.807) is 0 Å². The third-order valence-corrected chi connectivity index (χ3v) is 4.89. The first kappa shape index (κ1) is 26.9. The summed E-state index contributed by atoms with van der Waals surface area (Å²) in [5, 5.41) is 0. The zero-order chi connectivity index (χ0) is 19.8. The summed E-state index contributed by atoms with van der Waals surface area (Å²) in [6.45, 7) is 10.1. The molecule has 0 saturated heterocycles. The zero-order valence-corrected chi connectivity index (χ0v) is 18.9. The largest absolute Gasteiger partial charge is 0.381 e. The first-order valence-corrected chi connectivity index (χ1v) is 12.2. The van der Waals surface area contributed by atoms with Gasteiger partial charge in [0.1, 0.15) is 0 Å². The van der Waals surface area contributed by atoms with E-state index in [9.17, 15) is 0 Å². The maximum atomic E-state index is 5.78. The summed E-state index contributed by atoms with van der Waals surface area (Å²) in [6, 6.07) is 0. The minimum absolute atomic E-state index is 0.0185. The van der Waals surface area contributed by atoms with Gasteiger partial charge in [-0.15, -0.1) is 0 Å². The monoisotopic (exact) mass is 386 g/mol. The molecule has 164 valence electrons. The lowest BCUT2D eigenvalue weighted by Gasteiger charge is -2.18. The van der Waals surface area contributed by atoms with E-state index in [0.717, 1.165) is 45.7 Å². The molecule has 0 atom stereocenters. The number of rotatable bonds is 23. The minimum Gasteiger partial charge on any atom is -0.381 e. The molecule has 3 nitrogen and oxygen atoms in total. The Bertz CT molecular complexity index is 250. The molecule has 0 aliphatic rings. The first-order chi connectivity index (χ1) is 13.3. The van der Waals surface area contributed by atoms with Crippen LogP contribution in [0.15, 0.2) is 0 Å². The lowest BCUT2D eigenvalue weighted by atomic mass is 10.1. The Hall–Kier alpha value is -0.120. The van der Waals surface area contributed by atoms with E-state index < -0.39 is 0 Å². The normalized spacial score (nSPS) is 11.6. The molecule has 0 saturated carbocycles. The molecule has 0 N–H and O–H groups in total. The Morgan fingerprint density at radius 1 is 0.444 bits per heavy atom. The molecule has 0 aromatic rings. The van der Waals surface area contributed by atoms with E-state index in [-0.39, 0.29) is 6.29 Å². The van der Waals surface area contributed by atoms with Crippen molar-refractivity contribution in [1.29, 1.82) is 0 Å². The molecule has 0 aromatic carbocycles. The maximum absolute atomic E-state index is 5.78. The van der Waals surface area contributed by atoms with Gasteiger partial charge in [-0.2, -0.15) is 0 Å². The van der Waals surface area contributed by atoms with Gasteiger partial charge < -0.3 is 14.2 Å². The Kier molecular flexibility index (Phi) is 23.8. The van der Waals surface area contributed by atoms with Crippen LogP contribution in [0.2, 0.25) is 0 Å². The molecule has 0 bridgehead atoms. The lowest BCUT2D eigenvalue weighted by Crippen LogP contribution is -2.18. The highest BCUT2D eigenvalue weighted by atomic mass is 16.7. The second-order valence-corrected chi connectivity index (χ2v) is 7.81. The average molecular weight is 387 g/mol. The molecule has 0 fully saturated rings. The predicted molar refractivity (Wildman–Crippen MR) is 117 cm³/mol. The summed E-state index contributed by atoms with van der Waals surface area (Å²) in [5.41, 5.74) is 0. The standard InChI is InChI=1S/C24H50O3/c1-4-7-8-9-11-14-17-22-25-23-18-15-12-10-13-16-19-24(26-20-5-2)27-21-6-3/h24H,4-23H2,1-3H3. The number of hydrogen-bond donors (Lipinski definition) is 0. The van der Waals surface area contributed by atoms with Gasteiger partial charge in [-0.05, 0) is 38.5 Å². The SMILES string of the molecule is CCCCCCCCCOCCCCCCCCC(OCCC)OCCC. The molecule has 0 aliphatic carbocycles. The van der Waals surface area contributed by atoms with Crippen molar-refractivity contribution in [1.82, 2.24) is 0 Å². The predicted octanol–water partition coefficient (Wildman–Crippen LogP) is 7.66. The van der Waals surface area contributed by atoms with Crippen LogP contribution in [0.4, 0.5) is 0 Å². The van der Waals surface area contributed by atoms with Crippen LogP contribution in [-0.4, -0.2) is 32.7 Å². The van der Waals surface area contributed by atoms with Crippen LogP contribution in [0.5, 0.6) is 0 Å². The van der Waals surface area contributed by atoms with Gasteiger partial charge in [-0.1, -0.05) is 85.0 Å². The third-order valence-electron chi connectivity index (χ3n) is 4.89. The van der Waals surface area contributed by atoms with Crippen molar-refractivity contribution in [3.8, 4) is 0 Å². The summed E-state index contributed by atoms with van der Waals surface area (Å²) >= 11 is 0. The fourth-order valence-corrected chi connectivity index (χ4v) is 3.20. The number of hydrogen-bond acceptors (Lipinski definition) is 3. The third kappa shape index (κ3) is 22.0. The van der Waals surface area contributed by atoms with E-state index in [1.807, 2.05) is 0 Å². The van der Waals surface area contributed by atoms with Crippen LogP contribution >= 0.6 is 0 Å². The quantitative estimate of drug-likeness (QED) is 0.133. The van der Waals surface area contributed by atoms with Crippen LogP contribution in [0, 0.1) is 0 Å². The van der Waals surface area contributed by atoms with E-state index in [0.29, 0.717) is 0 Å². The van der Waals surface area contributed by atoms with Gasteiger partial charge in [0.25, 0.3) is 0 Å². The highest BCUT2D eigenvalue weighted by molar-refractivity contribution is 4.51. The molecular formula is C24H50O3. The zero-order valence-electron chi connectivity index (χ0n) is 18.9. The highest BCUT2D eigenvalue weighted by Gasteiger charge is 2.08. The Morgan fingerprint density at radius 3 is 1.37 bits per heavy atom. The van der Waals surface area contributed by atoms with Crippen molar-refractivity contribution >= 4 is 0 Å². The van der Waals surface area contributed by atoms with E-state index in [1.165, 1.54) is 83.5 Å². The molecule has 0 radical (unpaired) electrons. The molecule has 27 heavy (non-hydrogen) atoms. The Labute approximate surface area is 170 Å². The summed E-state index contributed by atoms with van der Waals surface area (Å²) in [7, 11) is 0. The molecule has 0 amide bonds. The number of unbranched alkanes of at least 4 members (excludes halogenated alkanes) is 11. The van der Waals surface area contributed by atoms with Crippen LogP contribution in [0.25, 0.3) is 0 Å². The summed E-state index contributed by atoms with van der Waals surface area (Å²) < 4.78 is 17.3. The van der Waals surface area contributed by atoms with Gasteiger partial charge in [0, 0.05) is 26.4 Å². The van der Waals surface area contributed by atoms with Gasteiger partial charge in [0.15, 0.2) is 6.29 Å². The van der Waals surface area contributed by atoms with Crippen molar-refractivity contribution in [2.75, 3.05) is 26.4 Å². The van der Waals surface area contributed by atoms with Crippen LogP contribution in [-0.2, 0) is 14.2 Å². The van der Waals surface area contributed by atoms with Gasteiger partial charge in [-0.25, -0.2) is 0 Å². The van der Waals surface area contributed by atoms with Crippen molar-refractivity contribution in [3.05, 3.63) is 0 Å². The topological polar surface area (TPSA) is 27.7 Å². The molecule has 0 spiro atoms. The fraction of sp³-hybridized carbons (Fsp3) is 1.00. The van der Waals surface area contributed by atoms with Gasteiger partial charge in [0.2, 0.25) is 0 Å². The molecular weight excluding hydrogens is 336 g/mol. The van der Waals surface area contributed by atoms with E-state index in [4.69, 9.17) is 14.2 Å². The van der Waals surface area contributed by atoms with Crippen molar-refractivity contribution in [2.24, 2.45) is 0 Å². The molecule has 0 unspecified atom stereocenters. The molecule has 0 aliphatic heterocycles. The van der Waals surface area contributed by atoms with Crippen LogP contribution in [0.3, 0.4) is 0 Å². The Balaban J connectivity index is 3.24. The first-order valence-electron chi connectivity index (χ1n) is 12.2. The molecule has 0 aromatic heterocycles. The maximum Gasteiger partial charge on any atom is 0.157 e. The van der Waals surface area contributed by atoms with Crippen LogP contribution < -0.4 is 0 Å². The molecule has 0 rings (SSSR count). The summed E-state index contributed by atoms with van der Waals surface area (Å²) in [6.07, 6.45) is 20.4. The van der Waals surface area contributed by atoms with Gasteiger partial charge >= 0.3 is 0 Å². The Morgan fingerprint density at radius 2 is 0.889 bits per heavy atom. The second kappa shape index (κ2) is 23.9. The van der Waals surface area contributed by atoms with Crippen molar-refractivity contribution < 1.29 is 14.2 Å². The fourth-order valence-electron chi connectivity index (χ4n) is 3.20. The minimum atomic E-state index is 0.0185. The number of ether oxygens (including phenoxy) is 3.